The predicted molar refractivity (Wildman–Crippen MR) is 142 cm³/mol. The Morgan fingerprint density at radius 3 is 2.25 bits per heavy atom. The maximum atomic E-state index is 12.9. The molecular weight excluding hydrogens is 452 g/mol. The number of rotatable bonds is 7. The van der Waals surface area contributed by atoms with Crippen LogP contribution < -0.4 is 10.6 Å². The normalized spacial score (nSPS) is 11.1. The first-order valence-electron chi connectivity index (χ1n) is 11.5. The molecule has 0 saturated heterocycles. The molecule has 0 spiro atoms. The number of esters is 1. The highest BCUT2D eigenvalue weighted by atomic mass is 16.5. The van der Waals surface area contributed by atoms with Gasteiger partial charge in [-0.1, -0.05) is 66.7 Å². The molecule has 6 heteroatoms. The highest BCUT2D eigenvalue weighted by molar-refractivity contribution is 6.09. The predicted octanol–water partition coefficient (Wildman–Crippen LogP) is 5.60. The van der Waals surface area contributed by atoms with Crippen LogP contribution in [0, 0.1) is 0 Å². The van der Waals surface area contributed by atoms with E-state index in [1.54, 1.807) is 0 Å². The van der Waals surface area contributed by atoms with Crippen LogP contribution in [0.1, 0.15) is 38.8 Å². The third-order valence-corrected chi connectivity index (χ3v) is 5.79. The van der Waals surface area contributed by atoms with E-state index in [1.165, 1.54) is 31.4 Å². The fourth-order valence-corrected chi connectivity index (χ4v) is 3.84. The summed E-state index contributed by atoms with van der Waals surface area (Å²) in [4.78, 5) is 37.9. The molecule has 0 atom stereocenters. The number of amides is 2. The van der Waals surface area contributed by atoms with Gasteiger partial charge in [0.15, 0.2) is 0 Å². The molecule has 36 heavy (non-hydrogen) atoms. The summed E-state index contributed by atoms with van der Waals surface area (Å²) >= 11 is 0. The van der Waals surface area contributed by atoms with Gasteiger partial charge < -0.3 is 15.4 Å². The average molecular weight is 479 g/mol. The van der Waals surface area contributed by atoms with E-state index in [-0.39, 0.29) is 17.2 Å². The van der Waals surface area contributed by atoms with Crippen molar-refractivity contribution >= 4 is 39.8 Å². The second kappa shape index (κ2) is 11.1. The number of nitrogens with one attached hydrogen (secondary N) is 2. The van der Waals surface area contributed by atoms with Gasteiger partial charge in [-0.05, 0) is 58.7 Å². The van der Waals surface area contributed by atoms with Crippen molar-refractivity contribution in [3.05, 3.63) is 119 Å². The molecular formula is C30H26N2O4. The number of carbonyl (C=O) groups is 3. The van der Waals surface area contributed by atoms with E-state index in [4.69, 9.17) is 4.74 Å². The molecule has 4 rings (SSSR count). The van der Waals surface area contributed by atoms with E-state index in [2.05, 4.69) is 10.6 Å². The molecule has 180 valence electrons. The molecule has 0 aliphatic heterocycles. The molecule has 0 radical (unpaired) electrons. The van der Waals surface area contributed by atoms with Crippen molar-refractivity contribution in [2.24, 2.45) is 0 Å². The highest BCUT2D eigenvalue weighted by Gasteiger charge is 2.17. The van der Waals surface area contributed by atoms with Crippen LogP contribution in [-0.4, -0.2) is 24.9 Å². The summed E-state index contributed by atoms with van der Waals surface area (Å²) in [7, 11) is 1.26. The summed E-state index contributed by atoms with van der Waals surface area (Å²) in [5.74, 6) is -1.36. The molecule has 0 unspecified atom stereocenters. The molecule has 2 N–H and O–H groups in total. The molecule has 0 bridgehead atoms. The Morgan fingerprint density at radius 2 is 1.50 bits per heavy atom. The average Bonchev–Trinajstić information content (AvgIpc) is 2.91. The first kappa shape index (κ1) is 24.4. The molecule has 0 aliphatic carbocycles. The fourth-order valence-electron chi connectivity index (χ4n) is 3.84. The van der Waals surface area contributed by atoms with Gasteiger partial charge in [0.25, 0.3) is 5.91 Å². The molecule has 0 heterocycles. The molecule has 6 nitrogen and oxygen atoms in total. The maximum Gasteiger partial charge on any atom is 0.339 e. The molecule has 4 aromatic carbocycles. The first-order chi connectivity index (χ1) is 17.4. The molecule has 0 aromatic heterocycles. The quantitative estimate of drug-likeness (QED) is 0.268. The van der Waals surface area contributed by atoms with Crippen LogP contribution in [-0.2, 0) is 16.1 Å². The van der Waals surface area contributed by atoms with E-state index in [9.17, 15) is 14.4 Å². The van der Waals surface area contributed by atoms with Crippen molar-refractivity contribution < 1.29 is 19.1 Å². The van der Waals surface area contributed by atoms with Gasteiger partial charge in [-0.3, -0.25) is 9.59 Å². The number of fused-ring (bicyclic) bond motifs is 1. The van der Waals surface area contributed by atoms with Crippen LogP contribution in [0.4, 0.5) is 5.69 Å². The fraction of sp³-hybridized carbons (Fsp3) is 0.100. The van der Waals surface area contributed by atoms with E-state index in [0.29, 0.717) is 12.1 Å². The summed E-state index contributed by atoms with van der Waals surface area (Å²) in [5.41, 5.74) is 3.29. The van der Waals surface area contributed by atoms with E-state index < -0.39 is 11.9 Å². The summed E-state index contributed by atoms with van der Waals surface area (Å²) in [5, 5.41) is 7.77. The van der Waals surface area contributed by atoms with Crippen molar-refractivity contribution in [2.75, 3.05) is 12.4 Å². The minimum atomic E-state index is -0.614. The number of carbonyl (C=O) groups excluding carboxylic acids is 3. The monoisotopic (exact) mass is 478 g/mol. The summed E-state index contributed by atoms with van der Waals surface area (Å²) in [6, 6.07) is 28.0. The summed E-state index contributed by atoms with van der Waals surface area (Å²) in [6.45, 7) is 2.20. The van der Waals surface area contributed by atoms with E-state index in [1.807, 2.05) is 79.7 Å². The van der Waals surface area contributed by atoms with Crippen molar-refractivity contribution in [1.29, 1.82) is 0 Å². The lowest BCUT2D eigenvalue weighted by molar-refractivity contribution is -0.111. The van der Waals surface area contributed by atoms with Gasteiger partial charge in [-0.15, -0.1) is 0 Å². The number of benzene rings is 4. The van der Waals surface area contributed by atoms with Crippen molar-refractivity contribution in [2.45, 2.75) is 13.5 Å². The van der Waals surface area contributed by atoms with Gasteiger partial charge in [0, 0.05) is 18.2 Å². The van der Waals surface area contributed by atoms with Crippen LogP contribution in [0.3, 0.4) is 0 Å². The Hall–Kier alpha value is -4.71. The zero-order valence-corrected chi connectivity index (χ0v) is 20.1. The van der Waals surface area contributed by atoms with Gasteiger partial charge >= 0.3 is 5.97 Å². The van der Waals surface area contributed by atoms with Crippen molar-refractivity contribution in [3.8, 4) is 0 Å². The topological polar surface area (TPSA) is 84.5 Å². The highest BCUT2D eigenvalue weighted by Crippen LogP contribution is 2.23. The molecule has 2 amide bonds. The third kappa shape index (κ3) is 5.85. The smallest absolute Gasteiger partial charge is 0.339 e. The minimum absolute atomic E-state index is 0.155. The van der Waals surface area contributed by atoms with Gasteiger partial charge in [-0.25, -0.2) is 4.79 Å². The molecule has 0 saturated carbocycles. The van der Waals surface area contributed by atoms with Gasteiger partial charge in [0.05, 0.1) is 18.4 Å². The van der Waals surface area contributed by atoms with Gasteiger partial charge in [0.1, 0.15) is 0 Å². The van der Waals surface area contributed by atoms with Crippen LogP contribution in [0.5, 0.6) is 0 Å². The van der Waals surface area contributed by atoms with Gasteiger partial charge in [-0.2, -0.15) is 0 Å². The lowest BCUT2D eigenvalue weighted by Crippen LogP contribution is -2.23. The Kier molecular flexibility index (Phi) is 7.56. The number of allylic oxidation sites excluding steroid dienone is 1. The first-order valence-corrected chi connectivity index (χ1v) is 11.5. The molecule has 0 aliphatic rings. The van der Waals surface area contributed by atoms with Crippen LogP contribution in [0.2, 0.25) is 0 Å². The van der Waals surface area contributed by atoms with Crippen LogP contribution in [0.15, 0.2) is 97.1 Å². The van der Waals surface area contributed by atoms with Crippen molar-refractivity contribution in [3.63, 3.8) is 0 Å². The Labute approximate surface area is 209 Å². The van der Waals surface area contributed by atoms with E-state index in [0.717, 1.165) is 27.5 Å². The minimum Gasteiger partial charge on any atom is -0.465 e. The lowest BCUT2D eigenvalue weighted by Gasteiger charge is -2.12. The summed E-state index contributed by atoms with van der Waals surface area (Å²) in [6.07, 6.45) is 1.47. The zero-order chi connectivity index (χ0) is 25.5. The number of methoxy groups -OCH3 is 1. The maximum absolute atomic E-state index is 12.9. The lowest BCUT2D eigenvalue weighted by atomic mass is 10.0. The van der Waals surface area contributed by atoms with Crippen molar-refractivity contribution in [1.82, 2.24) is 5.32 Å². The Balaban J connectivity index is 1.54. The number of anilines is 1. The Morgan fingerprint density at radius 1 is 0.806 bits per heavy atom. The van der Waals surface area contributed by atoms with Crippen LogP contribution in [0.25, 0.3) is 16.3 Å². The third-order valence-electron chi connectivity index (χ3n) is 5.79. The van der Waals surface area contributed by atoms with Crippen LogP contribution >= 0.6 is 0 Å². The second-order valence-corrected chi connectivity index (χ2v) is 8.30. The standard InChI is InChI=1S/C30H26N2O4/c1-20(23-13-12-22-10-6-7-11-24(22)17-23)16-28(33)32-27-18-25(14-15-26(27)30(35)36-2)29(34)31-19-21-8-4-3-5-9-21/h3-18H,19H2,1-2H3,(H,31,34)(H,32,33)/b20-16-. The SMILES string of the molecule is COC(=O)c1ccc(C(=O)NCc2ccccc2)cc1NC(=O)/C=C(/C)c1ccc2ccccc2c1. The zero-order valence-electron chi connectivity index (χ0n) is 20.1. The number of hydrogen-bond donors (Lipinski definition) is 2. The van der Waals surface area contributed by atoms with E-state index >= 15 is 0 Å². The second-order valence-electron chi connectivity index (χ2n) is 8.30. The molecule has 0 fully saturated rings. The molecule has 4 aromatic rings. The largest absolute Gasteiger partial charge is 0.465 e. The van der Waals surface area contributed by atoms with Gasteiger partial charge in [0.2, 0.25) is 5.91 Å². The number of ether oxygens (including phenoxy) is 1. The Bertz CT molecular complexity index is 1460. The number of hydrogen-bond acceptors (Lipinski definition) is 4. The summed E-state index contributed by atoms with van der Waals surface area (Å²) < 4.78 is 4.85.